The average molecular weight is 1100 g/mol. The van der Waals surface area contributed by atoms with Crippen molar-refractivity contribution in [2.75, 3.05) is 26.4 Å². The number of phosphoric acid groups is 1. The molecule has 0 aliphatic rings. The number of carbonyl (C=O) groups is 2. The minimum absolute atomic E-state index is 0.0555. The van der Waals surface area contributed by atoms with Crippen LogP contribution in [0.1, 0.15) is 335 Å². The smallest absolute Gasteiger partial charge is 0.462 e. The van der Waals surface area contributed by atoms with Gasteiger partial charge < -0.3 is 20.1 Å². The Hall–Kier alpha value is -2.03. The molecule has 0 saturated heterocycles. The van der Waals surface area contributed by atoms with Gasteiger partial charge in [0.05, 0.1) is 13.2 Å². The zero-order valence-corrected chi connectivity index (χ0v) is 51.6. The normalized spacial score (nSPS) is 13.2. The quantitative estimate of drug-likeness (QED) is 0.0264. The van der Waals surface area contributed by atoms with Crippen LogP contribution in [0.2, 0.25) is 0 Å². The molecule has 2 atom stereocenters. The molecule has 0 aliphatic heterocycles. The van der Waals surface area contributed by atoms with Gasteiger partial charge in [0, 0.05) is 19.4 Å². The molecule has 452 valence electrons. The summed E-state index contributed by atoms with van der Waals surface area (Å²) < 4.78 is 33.2. The lowest BCUT2D eigenvalue weighted by atomic mass is 10.0. The van der Waals surface area contributed by atoms with E-state index in [0.29, 0.717) is 6.42 Å². The second kappa shape index (κ2) is 63.2. The highest BCUT2D eigenvalue weighted by atomic mass is 31.2. The van der Waals surface area contributed by atoms with Crippen LogP contribution in [0.5, 0.6) is 0 Å². The lowest BCUT2D eigenvalue weighted by Crippen LogP contribution is -2.29. The third kappa shape index (κ3) is 63.0. The molecule has 0 aromatic rings. The maximum absolute atomic E-state index is 12.7. The van der Waals surface area contributed by atoms with Crippen LogP contribution >= 0.6 is 7.82 Å². The van der Waals surface area contributed by atoms with E-state index in [9.17, 15) is 19.0 Å². The maximum atomic E-state index is 12.7. The first-order valence-corrected chi connectivity index (χ1v) is 34.6. The predicted molar refractivity (Wildman–Crippen MR) is 330 cm³/mol. The summed E-state index contributed by atoms with van der Waals surface area (Å²) in [7, 11) is -4.39. The van der Waals surface area contributed by atoms with Crippen molar-refractivity contribution in [3.05, 3.63) is 48.6 Å². The van der Waals surface area contributed by atoms with Gasteiger partial charge in [-0.1, -0.05) is 319 Å². The summed E-state index contributed by atoms with van der Waals surface area (Å²) in [5.41, 5.74) is 5.40. The van der Waals surface area contributed by atoms with Crippen molar-refractivity contribution in [2.24, 2.45) is 5.73 Å². The predicted octanol–water partition coefficient (Wildman–Crippen LogP) is 21.3. The third-order valence-corrected chi connectivity index (χ3v) is 15.7. The molecule has 0 bridgehead atoms. The van der Waals surface area contributed by atoms with E-state index in [1.54, 1.807) is 0 Å². The van der Waals surface area contributed by atoms with Gasteiger partial charge in [-0.3, -0.25) is 18.6 Å². The fraction of sp³-hybridized carbons (Fsp3) is 0.851. The summed E-state index contributed by atoms with van der Waals surface area (Å²) >= 11 is 0. The first kappa shape index (κ1) is 75.0. The van der Waals surface area contributed by atoms with Crippen LogP contribution in [-0.2, 0) is 32.7 Å². The van der Waals surface area contributed by atoms with Crippen LogP contribution in [0.25, 0.3) is 0 Å². The Labute approximate surface area is 477 Å². The molecule has 77 heavy (non-hydrogen) atoms. The molecule has 0 rings (SSSR count). The molecule has 2 unspecified atom stereocenters. The number of ether oxygens (including phenoxy) is 2. The van der Waals surface area contributed by atoms with Gasteiger partial charge in [0.25, 0.3) is 0 Å². The molecule has 0 saturated carbocycles. The van der Waals surface area contributed by atoms with Crippen molar-refractivity contribution in [1.82, 2.24) is 0 Å². The van der Waals surface area contributed by atoms with Crippen molar-refractivity contribution < 1.29 is 37.6 Å². The molecule has 0 aromatic heterocycles. The molecule has 0 heterocycles. The minimum atomic E-state index is -4.39. The lowest BCUT2D eigenvalue weighted by molar-refractivity contribution is -0.161. The van der Waals surface area contributed by atoms with Crippen molar-refractivity contribution in [3.63, 3.8) is 0 Å². The van der Waals surface area contributed by atoms with Crippen molar-refractivity contribution in [2.45, 2.75) is 341 Å². The number of hydrogen-bond donors (Lipinski definition) is 2. The molecule has 0 amide bonds. The zero-order valence-electron chi connectivity index (χ0n) is 50.7. The lowest BCUT2D eigenvalue weighted by Gasteiger charge is -2.19. The third-order valence-electron chi connectivity index (χ3n) is 14.7. The number of allylic oxidation sites excluding steroid dienone is 8. The summed E-state index contributed by atoms with van der Waals surface area (Å²) in [5, 5.41) is 0. The molecule has 0 fully saturated rings. The van der Waals surface area contributed by atoms with E-state index < -0.39 is 26.5 Å². The Morgan fingerprint density at radius 2 is 0.714 bits per heavy atom. The van der Waals surface area contributed by atoms with Crippen molar-refractivity contribution in [1.29, 1.82) is 0 Å². The topological polar surface area (TPSA) is 134 Å². The first-order valence-electron chi connectivity index (χ1n) is 33.1. The number of nitrogens with two attached hydrogens (primary N) is 1. The van der Waals surface area contributed by atoms with Crippen molar-refractivity contribution in [3.8, 4) is 0 Å². The van der Waals surface area contributed by atoms with Gasteiger partial charge in [-0.25, -0.2) is 4.57 Å². The zero-order chi connectivity index (χ0) is 55.9. The number of unbranched alkanes of at least 4 members (excludes halogenated alkanes) is 42. The van der Waals surface area contributed by atoms with Gasteiger partial charge in [-0.05, 0) is 51.4 Å². The molecule has 10 heteroatoms. The summed E-state index contributed by atoms with van der Waals surface area (Å²) in [6, 6.07) is 0. The molecule has 9 nitrogen and oxygen atoms in total. The van der Waals surface area contributed by atoms with Gasteiger partial charge in [0.15, 0.2) is 6.10 Å². The van der Waals surface area contributed by atoms with Crippen LogP contribution in [-0.4, -0.2) is 49.3 Å². The molecular formula is C67H126NO8P. The van der Waals surface area contributed by atoms with E-state index in [1.165, 1.54) is 244 Å². The number of rotatable bonds is 63. The fourth-order valence-electron chi connectivity index (χ4n) is 9.87. The fourth-order valence-corrected chi connectivity index (χ4v) is 10.6. The van der Waals surface area contributed by atoms with E-state index >= 15 is 0 Å². The van der Waals surface area contributed by atoms with Gasteiger partial charge in [0.2, 0.25) is 0 Å². The second-order valence-corrected chi connectivity index (χ2v) is 23.8. The van der Waals surface area contributed by atoms with Crippen LogP contribution in [0.3, 0.4) is 0 Å². The van der Waals surface area contributed by atoms with E-state index in [2.05, 4.69) is 62.5 Å². The Bertz CT molecular complexity index is 1400. The summed E-state index contributed by atoms with van der Waals surface area (Å²) in [6.45, 7) is 3.70. The molecule has 0 aromatic carbocycles. The molecule has 0 radical (unpaired) electrons. The van der Waals surface area contributed by atoms with E-state index in [0.717, 1.165) is 57.8 Å². The van der Waals surface area contributed by atoms with Gasteiger partial charge in [0.1, 0.15) is 6.61 Å². The minimum Gasteiger partial charge on any atom is -0.462 e. The number of esters is 2. The van der Waals surface area contributed by atoms with Crippen LogP contribution in [0.4, 0.5) is 0 Å². The van der Waals surface area contributed by atoms with Gasteiger partial charge >= 0.3 is 19.8 Å². The number of phosphoric ester groups is 1. The Morgan fingerprint density at radius 3 is 1.06 bits per heavy atom. The van der Waals surface area contributed by atoms with Gasteiger partial charge in [-0.15, -0.1) is 0 Å². The number of carbonyl (C=O) groups excluding carboxylic acids is 2. The average Bonchev–Trinajstić information content (AvgIpc) is 3.42. The molecule has 3 N–H and O–H groups in total. The Kier molecular flexibility index (Phi) is 61.5. The highest BCUT2D eigenvalue weighted by Crippen LogP contribution is 2.43. The first-order chi connectivity index (χ1) is 37.8. The maximum Gasteiger partial charge on any atom is 0.472 e. The SMILES string of the molecule is CC/C=C\C/C=C\C/C=C\C/C=C\CCCCCCCCCCCCCCCCCCCCC(=O)OC(COC(=O)CCCCCCCCCCCCCCCCCCCCCCCCCCC)COP(=O)(O)OCCN. The van der Waals surface area contributed by atoms with Crippen LogP contribution in [0, 0.1) is 0 Å². The Balaban J connectivity index is 3.85. The highest BCUT2D eigenvalue weighted by Gasteiger charge is 2.26. The summed E-state index contributed by atoms with van der Waals surface area (Å²) in [6.07, 6.45) is 79.1. The Morgan fingerprint density at radius 1 is 0.403 bits per heavy atom. The molecular weight excluding hydrogens is 978 g/mol. The molecule has 0 aliphatic carbocycles. The monoisotopic (exact) mass is 1100 g/mol. The largest absolute Gasteiger partial charge is 0.472 e. The standard InChI is InChI=1S/C67H126NO8P/c1-3-5-7-9-11-13-15-17-19-21-23-25-27-29-30-31-32-33-34-36-38-40-42-44-46-48-50-52-54-56-58-60-67(70)76-65(64-75-77(71,72)74-62-61-68)63-73-66(69)59-57-55-53-51-49-47-45-43-41-39-37-35-28-26-24-22-20-18-16-14-12-10-8-6-4-2/h5,7,11,13,17,19,23,25,65H,3-4,6,8-10,12,14-16,18,20-22,24,26-64,68H2,1-2H3,(H,71,72)/b7-5-,13-11-,19-17-,25-23-. The van der Waals surface area contributed by atoms with E-state index in [1.807, 2.05) is 0 Å². The number of hydrogen-bond acceptors (Lipinski definition) is 8. The second-order valence-electron chi connectivity index (χ2n) is 22.3. The van der Waals surface area contributed by atoms with Crippen LogP contribution in [0.15, 0.2) is 48.6 Å². The van der Waals surface area contributed by atoms with E-state index in [-0.39, 0.29) is 38.6 Å². The highest BCUT2D eigenvalue weighted by molar-refractivity contribution is 7.47. The van der Waals surface area contributed by atoms with E-state index in [4.69, 9.17) is 24.3 Å². The van der Waals surface area contributed by atoms with Gasteiger partial charge in [-0.2, -0.15) is 0 Å². The summed E-state index contributed by atoms with van der Waals surface area (Å²) in [4.78, 5) is 35.3. The summed E-state index contributed by atoms with van der Waals surface area (Å²) in [5.74, 6) is -0.807. The van der Waals surface area contributed by atoms with Crippen molar-refractivity contribution >= 4 is 19.8 Å². The van der Waals surface area contributed by atoms with Crippen LogP contribution < -0.4 is 5.73 Å². The molecule has 0 spiro atoms.